The third-order valence-electron chi connectivity index (χ3n) is 2.20. The lowest BCUT2D eigenvalue weighted by Gasteiger charge is -2.09. The van der Waals surface area contributed by atoms with E-state index in [1.165, 1.54) is 12.1 Å². The normalized spacial score (nSPS) is 12.8. The van der Waals surface area contributed by atoms with Gasteiger partial charge in [0.05, 0.1) is 13.2 Å². The van der Waals surface area contributed by atoms with Gasteiger partial charge < -0.3 is 9.84 Å². The fourth-order valence-corrected chi connectivity index (χ4v) is 2.25. The van der Waals surface area contributed by atoms with Crippen LogP contribution in [0.3, 0.4) is 0 Å². The van der Waals surface area contributed by atoms with Crippen LogP contribution in [0.25, 0.3) is 0 Å². The van der Waals surface area contributed by atoms with E-state index in [9.17, 15) is 18.3 Å². The van der Waals surface area contributed by atoms with Crippen molar-refractivity contribution in [3.8, 4) is 0 Å². The first-order valence-corrected chi connectivity index (χ1v) is 6.84. The Bertz CT molecular complexity index is 507. The number of esters is 1. The predicted molar refractivity (Wildman–Crippen MR) is 66.5 cm³/mol. The summed E-state index contributed by atoms with van der Waals surface area (Å²) in [6.07, 6.45) is -0.620. The molecule has 0 bridgehead atoms. The molecule has 0 aliphatic rings. The maximum absolute atomic E-state index is 11.5. The Kier molecular flexibility index (Phi) is 4.69. The van der Waals surface area contributed by atoms with Gasteiger partial charge in [-0.05, 0) is 24.6 Å². The first-order valence-electron chi connectivity index (χ1n) is 5.19. The van der Waals surface area contributed by atoms with Gasteiger partial charge in [-0.2, -0.15) is 0 Å². The summed E-state index contributed by atoms with van der Waals surface area (Å²) in [6, 6.07) is 6.22. The van der Waals surface area contributed by atoms with Crippen LogP contribution >= 0.6 is 0 Å². The van der Waals surface area contributed by atoms with Gasteiger partial charge in [0.15, 0.2) is 5.75 Å². The average molecular weight is 273 g/mol. The number of carbonyl (C=O) groups is 1. The van der Waals surface area contributed by atoms with E-state index < -0.39 is 27.8 Å². The molecule has 7 heteroatoms. The lowest BCUT2D eigenvalue weighted by atomic mass is 10.1. The molecular formula is C11H15NO5S. The van der Waals surface area contributed by atoms with E-state index in [2.05, 4.69) is 9.46 Å². The van der Waals surface area contributed by atoms with Crippen molar-refractivity contribution >= 4 is 21.7 Å². The molecule has 0 radical (unpaired) electrons. The Balaban J connectivity index is 2.75. The molecule has 0 aliphatic carbocycles. The molecule has 0 saturated carbocycles. The third-order valence-corrected chi connectivity index (χ3v) is 3.36. The van der Waals surface area contributed by atoms with Crippen LogP contribution in [-0.2, 0) is 19.6 Å². The number of methoxy groups -OCH3 is 1. The minimum Gasteiger partial charge on any atom is -0.468 e. The summed E-state index contributed by atoms with van der Waals surface area (Å²) in [4.78, 5) is 10.9. The minimum atomic E-state index is -3.77. The van der Waals surface area contributed by atoms with E-state index in [1.54, 1.807) is 19.1 Å². The number of aliphatic hydroxyl groups excluding tert-OH is 1. The molecule has 1 aromatic rings. The van der Waals surface area contributed by atoms with E-state index in [-0.39, 0.29) is 0 Å². The average Bonchev–Trinajstić information content (AvgIpc) is 2.28. The number of benzene rings is 1. The second-order valence-electron chi connectivity index (χ2n) is 3.74. The molecule has 0 fully saturated rings. The largest absolute Gasteiger partial charge is 0.468 e. The van der Waals surface area contributed by atoms with Crippen LogP contribution in [0.2, 0.25) is 0 Å². The van der Waals surface area contributed by atoms with Crippen LogP contribution in [-0.4, -0.2) is 32.4 Å². The summed E-state index contributed by atoms with van der Waals surface area (Å²) < 4.78 is 29.6. The van der Waals surface area contributed by atoms with Crippen molar-refractivity contribution in [2.75, 3.05) is 17.6 Å². The molecule has 0 heterocycles. The van der Waals surface area contributed by atoms with Gasteiger partial charge in [0, 0.05) is 5.69 Å². The van der Waals surface area contributed by atoms with Crippen molar-refractivity contribution in [1.29, 1.82) is 0 Å². The first kappa shape index (κ1) is 14.5. The van der Waals surface area contributed by atoms with Gasteiger partial charge >= 0.3 is 5.97 Å². The monoisotopic (exact) mass is 273 g/mol. The molecule has 0 amide bonds. The first-order chi connectivity index (χ1) is 8.34. The molecule has 100 valence electrons. The smallest absolute Gasteiger partial charge is 0.322 e. The number of rotatable bonds is 5. The van der Waals surface area contributed by atoms with Crippen molar-refractivity contribution in [3.05, 3.63) is 29.8 Å². The maximum Gasteiger partial charge on any atom is 0.322 e. The van der Waals surface area contributed by atoms with Crippen LogP contribution in [0, 0.1) is 0 Å². The van der Waals surface area contributed by atoms with Crippen LogP contribution < -0.4 is 4.72 Å². The van der Waals surface area contributed by atoms with Gasteiger partial charge in [0.25, 0.3) is 0 Å². The Hall–Kier alpha value is -1.60. The van der Waals surface area contributed by atoms with E-state index >= 15 is 0 Å². The van der Waals surface area contributed by atoms with Gasteiger partial charge in [-0.25, -0.2) is 8.42 Å². The van der Waals surface area contributed by atoms with Gasteiger partial charge in [-0.3, -0.25) is 9.52 Å². The summed E-state index contributed by atoms with van der Waals surface area (Å²) in [7, 11) is -2.65. The van der Waals surface area contributed by atoms with E-state index in [0.29, 0.717) is 11.3 Å². The zero-order chi connectivity index (χ0) is 13.8. The number of anilines is 1. The predicted octanol–water partition coefficient (Wildman–Crippen LogP) is 0.655. The second kappa shape index (κ2) is 5.83. The van der Waals surface area contributed by atoms with E-state index in [4.69, 9.17) is 0 Å². The van der Waals surface area contributed by atoms with Gasteiger partial charge in [-0.1, -0.05) is 12.1 Å². The molecule has 0 saturated heterocycles. The van der Waals surface area contributed by atoms with Crippen molar-refractivity contribution in [2.24, 2.45) is 0 Å². The highest BCUT2D eigenvalue weighted by atomic mass is 32.2. The van der Waals surface area contributed by atoms with Crippen LogP contribution in [0.15, 0.2) is 24.3 Å². The van der Waals surface area contributed by atoms with Gasteiger partial charge in [0.1, 0.15) is 0 Å². The van der Waals surface area contributed by atoms with E-state index in [0.717, 1.165) is 7.11 Å². The van der Waals surface area contributed by atoms with Crippen LogP contribution in [0.1, 0.15) is 18.6 Å². The molecule has 1 rings (SSSR count). The SMILES string of the molecule is COC(=O)CS(=O)(=O)Nc1ccc(C(C)O)cc1. The van der Waals surface area contributed by atoms with Crippen molar-refractivity contribution < 1.29 is 23.1 Å². The summed E-state index contributed by atoms with van der Waals surface area (Å²) in [5, 5.41) is 9.30. The summed E-state index contributed by atoms with van der Waals surface area (Å²) >= 11 is 0. The molecular weight excluding hydrogens is 258 g/mol. The van der Waals surface area contributed by atoms with Crippen LogP contribution in [0.4, 0.5) is 5.69 Å². The number of ether oxygens (including phenoxy) is 1. The maximum atomic E-state index is 11.5. The molecule has 6 nitrogen and oxygen atoms in total. The molecule has 0 spiro atoms. The number of aliphatic hydroxyl groups is 1. The molecule has 1 unspecified atom stereocenters. The standard InChI is InChI=1S/C11H15NO5S/c1-8(13)9-3-5-10(6-4-9)12-18(15,16)7-11(14)17-2/h3-6,8,12-13H,7H2,1-2H3. The number of hydrogen-bond acceptors (Lipinski definition) is 5. The minimum absolute atomic E-state index is 0.323. The highest BCUT2D eigenvalue weighted by Gasteiger charge is 2.16. The highest BCUT2D eigenvalue weighted by Crippen LogP contribution is 2.16. The fraction of sp³-hybridized carbons (Fsp3) is 0.364. The number of hydrogen-bond donors (Lipinski definition) is 2. The number of nitrogens with one attached hydrogen (secondary N) is 1. The lowest BCUT2D eigenvalue weighted by Crippen LogP contribution is -2.23. The lowest BCUT2D eigenvalue weighted by molar-refractivity contribution is -0.137. The Morgan fingerprint density at radius 3 is 2.39 bits per heavy atom. The summed E-state index contributed by atoms with van der Waals surface area (Å²) in [6.45, 7) is 1.61. The molecule has 1 atom stereocenters. The number of sulfonamides is 1. The molecule has 1 aromatic carbocycles. The number of carbonyl (C=O) groups excluding carboxylic acids is 1. The Morgan fingerprint density at radius 2 is 1.94 bits per heavy atom. The third kappa shape index (κ3) is 4.34. The molecule has 2 N–H and O–H groups in total. The van der Waals surface area contributed by atoms with Gasteiger partial charge in [-0.15, -0.1) is 0 Å². The van der Waals surface area contributed by atoms with Crippen molar-refractivity contribution in [1.82, 2.24) is 0 Å². The Morgan fingerprint density at radius 1 is 1.39 bits per heavy atom. The van der Waals surface area contributed by atoms with Crippen molar-refractivity contribution in [3.63, 3.8) is 0 Å². The zero-order valence-corrected chi connectivity index (χ0v) is 10.9. The second-order valence-corrected chi connectivity index (χ2v) is 5.46. The van der Waals surface area contributed by atoms with Gasteiger partial charge in [0.2, 0.25) is 10.0 Å². The topological polar surface area (TPSA) is 92.7 Å². The zero-order valence-electron chi connectivity index (χ0n) is 10.1. The Labute approximate surface area is 106 Å². The molecule has 0 aromatic heterocycles. The van der Waals surface area contributed by atoms with Crippen LogP contribution in [0.5, 0.6) is 0 Å². The van der Waals surface area contributed by atoms with Crippen molar-refractivity contribution in [2.45, 2.75) is 13.0 Å². The fourth-order valence-electron chi connectivity index (χ4n) is 1.26. The summed E-state index contributed by atoms with van der Waals surface area (Å²) in [5.41, 5.74) is 0.995. The molecule has 18 heavy (non-hydrogen) atoms. The highest BCUT2D eigenvalue weighted by molar-refractivity contribution is 7.93. The molecule has 0 aliphatic heterocycles. The quantitative estimate of drug-likeness (QED) is 0.769. The van der Waals surface area contributed by atoms with E-state index in [1.807, 2.05) is 0 Å². The summed E-state index contributed by atoms with van der Waals surface area (Å²) in [5.74, 6) is -1.56.